The minimum absolute atomic E-state index is 0.0729. The SMILES string of the molecule is Cc1ccc2nc(N3CCS(=O)c4ccccc4C3)nc(NC3CC(NC(=O)OC(C)(C)C)C3)c2c1. The highest BCUT2D eigenvalue weighted by molar-refractivity contribution is 7.85. The van der Waals surface area contributed by atoms with Crippen LogP contribution in [0.3, 0.4) is 0 Å². The van der Waals surface area contributed by atoms with Crippen molar-refractivity contribution in [2.24, 2.45) is 0 Å². The summed E-state index contributed by atoms with van der Waals surface area (Å²) < 4.78 is 18.1. The molecule has 0 saturated heterocycles. The highest BCUT2D eigenvalue weighted by Gasteiger charge is 2.32. The zero-order chi connectivity index (χ0) is 25.4. The van der Waals surface area contributed by atoms with E-state index in [-0.39, 0.29) is 18.2 Å². The summed E-state index contributed by atoms with van der Waals surface area (Å²) in [5, 5.41) is 7.51. The van der Waals surface area contributed by atoms with Gasteiger partial charge in [0.1, 0.15) is 11.4 Å². The quantitative estimate of drug-likeness (QED) is 0.535. The zero-order valence-electron chi connectivity index (χ0n) is 21.2. The van der Waals surface area contributed by atoms with Crippen molar-refractivity contribution in [3.8, 4) is 0 Å². The number of ether oxygens (including phenoxy) is 1. The van der Waals surface area contributed by atoms with Crippen LogP contribution in [0.5, 0.6) is 0 Å². The van der Waals surface area contributed by atoms with Gasteiger partial charge >= 0.3 is 6.09 Å². The number of rotatable bonds is 4. The van der Waals surface area contributed by atoms with Crippen molar-refractivity contribution >= 4 is 39.6 Å². The fourth-order valence-electron chi connectivity index (χ4n) is 4.62. The predicted molar refractivity (Wildman–Crippen MR) is 143 cm³/mol. The molecule has 2 heterocycles. The highest BCUT2D eigenvalue weighted by atomic mass is 32.2. The van der Waals surface area contributed by atoms with Gasteiger partial charge in [0.05, 0.1) is 16.3 Å². The van der Waals surface area contributed by atoms with E-state index >= 15 is 0 Å². The highest BCUT2D eigenvalue weighted by Crippen LogP contribution is 2.31. The molecule has 1 unspecified atom stereocenters. The zero-order valence-corrected chi connectivity index (χ0v) is 22.0. The van der Waals surface area contributed by atoms with Crippen molar-refractivity contribution in [1.82, 2.24) is 15.3 Å². The molecular formula is C27H33N5O3S. The maximum absolute atomic E-state index is 12.8. The monoisotopic (exact) mass is 507 g/mol. The number of hydrogen-bond donors (Lipinski definition) is 2. The van der Waals surface area contributed by atoms with Crippen LogP contribution in [-0.4, -0.2) is 50.3 Å². The Hall–Kier alpha value is -3.20. The number of aryl methyl sites for hydroxylation is 1. The van der Waals surface area contributed by atoms with Crippen LogP contribution in [0.25, 0.3) is 10.9 Å². The van der Waals surface area contributed by atoms with Gasteiger partial charge in [0, 0.05) is 41.2 Å². The number of nitrogens with one attached hydrogen (secondary N) is 2. The molecule has 2 N–H and O–H groups in total. The fraction of sp³-hybridized carbons (Fsp3) is 0.444. The van der Waals surface area contributed by atoms with Gasteiger partial charge in [0.25, 0.3) is 0 Å². The smallest absolute Gasteiger partial charge is 0.407 e. The first-order valence-electron chi connectivity index (χ1n) is 12.4. The maximum atomic E-state index is 12.8. The van der Waals surface area contributed by atoms with E-state index < -0.39 is 16.4 Å². The Balaban J connectivity index is 1.36. The second-order valence-corrected chi connectivity index (χ2v) is 12.2. The average molecular weight is 508 g/mol. The maximum Gasteiger partial charge on any atom is 0.407 e. The number of fused-ring (bicyclic) bond motifs is 2. The number of amides is 1. The fourth-order valence-corrected chi connectivity index (χ4v) is 5.88. The lowest BCUT2D eigenvalue weighted by Crippen LogP contribution is -2.50. The summed E-state index contributed by atoms with van der Waals surface area (Å²) in [4.78, 5) is 24.9. The van der Waals surface area contributed by atoms with Gasteiger partial charge in [-0.1, -0.05) is 29.8 Å². The minimum Gasteiger partial charge on any atom is -0.444 e. The molecule has 8 nitrogen and oxygen atoms in total. The van der Waals surface area contributed by atoms with Crippen molar-refractivity contribution < 1.29 is 13.7 Å². The average Bonchev–Trinajstić information content (AvgIpc) is 2.95. The van der Waals surface area contributed by atoms with Crippen molar-refractivity contribution in [2.75, 3.05) is 22.5 Å². The molecule has 1 aliphatic heterocycles. The second-order valence-electron chi connectivity index (χ2n) is 10.6. The van der Waals surface area contributed by atoms with E-state index in [9.17, 15) is 9.00 Å². The third-order valence-electron chi connectivity index (χ3n) is 6.45. The Kier molecular flexibility index (Phi) is 6.59. The Morgan fingerprint density at radius 2 is 1.89 bits per heavy atom. The molecule has 2 aliphatic rings. The number of carbonyl (C=O) groups is 1. The van der Waals surface area contributed by atoms with E-state index in [2.05, 4.69) is 34.6 Å². The topological polar surface area (TPSA) is 96.5 Å². The molecule has 1 aliphatic carbocycles. The van der Waals surface area contributed by atoms with Crippen LogP contribution >= 0.6 is 0 Å². The van der Waals surface area contributed by atoms with Gasteiger partial charge in [-0.05, 0) is 64.3 Å². The molecule has 1 atom stereocenters. The van der Waals surface area contributed by atoms with Crippen LogP contribution in [0.2, 0.25) is 0 Å². The van der Waals surface area contributed by atoms with Crippen LogP contribution in [0.1, 0.15) is 44.7 Å². The Morgan fingerprint density at radius 3 is 2.67 bits per heavy atom. The number of alkyl carbamates (subject to hydrolysis) is 1. The predicted octanol–water partition coefficient (Wildman–Crippen LogP) is 4.53. The van der Waals surface area contributed by atoms with Gasteiger partial charge in [-0.15, -0.1) is 0 Å². The van der Waals surface area contributed by atoms with Crippen molar-refractivity contribution in [3.05, 3.63) is 53.6 Å². The van der Waals surface area contributed by atoms with Crippen molar-refractivity contribution in [3.63, 3.8) is 0 Å². The molecule has 1 amide bonds. The summed E-state index contributed by atoms with van der Waals surface area (Å²) in [5.41, 5.74) is 2.54. The van der Waals surface area contributed by atoms with E-state index in [1.807, 2.05) is 51.1 Å². The summed E-state index contributed by atoms with van der Waals surface area (Å²) in [6.45, 7) is 8.87. The molecule has 1 fully saturated rings. The molecule has 0 bridgehead atoms. The van der Waals surface area contributed by atoms with Crippen molar-refractivity contribution in [1.29, 1.82) is 0 Å². The lowest BCUT2D eigenvalue weighted by atomic mass is 9.87. The van der Waals surface area contributed by atoms with Gasteiger partial charge in [-0.25, -0.2) is 9.78 Å². The molecular weight excluding hydrogens is 474 g/mol. The third-order valence-corrected chi connectivity index (χ3v) is 7.89. The number of nitrogens with zero attached hydrogens (tertiary/aromatic N) is 3. The molecule has 9 heteroatoms. The molecule has 0 spiro atoms. The van der Waals surface area contributed by atoms with Gasteiger partial charge in [0.2, 0.25) is 5.95 Å². The Morgan fingerprint density at radius 1 is 1.11 bits per heavy atom. The summed E-state index contributed by atoms with van der Waals surface area (Å²) in [5.74, 6) is 1.96. The van der Waals surface area contributed by atoms with Crippen LogP contribution in [0.4, 0.5) is 16.6 Å². The Bertz CT molecular complexity index is 1320. The lowest BCUT2D eigenvalue weighted by molar-refractivity contribution is 0.0475. The van der Waals surface area contributed by atoms with Gasteiger partial charge < -0.3 is 20.3 Å². The molecule has 5 rings (SSSR count). The first-order valence-corrected chi connectivity index (χ1v) is 13.7. The van der Waals surface area contributed by atoms with Gasteiger partial charge in [0.15, 0.2) is 0 Å². The summed E-state index contributed by atoms with van der Waals surface area (Å²) in [6, 6.07) is 14.3. The molecule has 1 saturated carbocycles. The lowest BCUT2D eigenvalue weighted by Gasteiger charge is -2.37. The standard InChI is InChI=1S/C27H33N5O3S/c1-17-9-10-22-21(13-17)24(28-19-14-20(15-19)29-26(33)35-27(2,3)4)31-25(30-22)32-11-12-36(34)23-8-6-5-7-18(23)16-32/h5-10,13,19-20H,11-12,14-16H2,1-4H3,(H,29,33)(H,28,30,31). The Labute approximate surface area is 214 Å². The summed E-state index contributed by atoms with van der Waals surface area (Å²) >= 11 is 0. The normalized spacial score (nSPS) is 21.8. The largest absolute Gasteiger partial charge is 0.444 e. The molecule has 2 aromatic carbocycles. The number of hydrogen-bond acceptors (Lipinski definition) is 7. The van der Waals surface area contributed by atoms with E-state index in [1.165, 1.54) is 0 Å². The second kappa shape index (κ2) is 9.69. The van der Waals surface area contributed by atoms with E-state index in [4.69, 9.17) is 14.7 Å². The molecule has 3 aromatic rings. The van der Waals surface area contributed by atoms with Gasteiger partial charge in [-0.2, -0.15) is 4.98 Å². The van der Waals surface area contributed by atoms with E-state index in [0.29, 0.717) is 24.8 Å². The van der Waals surface area contributed by atoms with E-state index in [1.54, 1.807) is 0 Å². The van der Waals surface area contributed by atoms with Crippen LogP contribution < -0.4 is 15.5 Å². The summed E-state index contributed by atoms with van der Waals surface area (Å²) in [6.07, 6.45) is 1.21. The first kappa shape index (κ1) is 24.5. The third kappa shape index (κ3) is 5.46. The minimum atomic E-state index is -1.04. The molecule has 0 radical (unpaired) electrons. The first-order chi connectivity index (χ1) is 17.1. The number of benzene rings is 2. The van der Waals surface area contributed by atoms with Crippen LogP contribution in [0.15, 0.2) is 47.4 Å². The van der Waals surface area contributed by atoms with Crippen LogP contribution in [-0.2, 0) is 22.1 Å². The molecule has 36 heavy (non-hydrogen) atoms. The van der Waals surface area contributed by atoms with E-state index in [0.717, 1.165) is 45.6 Å². The molecule has 1 aromatic heterocycles. The number of carbonyl (C=O) groups excluding carboxylic acids is 1. The molecule has 190 valence electrons. The van der Waals surface area contributed by atoms with Crippen molar-refractivity contribution in [2.45, 2.75) is 69.7 Å². The number of anilines is 2. The van der Waals surface area contributed by atoms with Crippen LogP contribution in [0, 0.1) is 6.92 Å². The van der Waals surface area contributed by atoms with Gasteiger partial charge in [-0.3, -0.25) is 4.21 Å². The number of aromatic nitrogens is 2. The summed E-state index contributed by atoms with van der Waals surface area (Å²) in [7, 11) is -1.04.